The van der Waals surface area contributed by atoms with Crippen LogP contribution in [0.4, 0.5) is 28.0 Å². The molecule has 0 unspecified atom stereocenters. The highest BCUT2D eigenvalue weighted by molar-refractivity contribution is 5.89. The number of alkyl halides is 3. The topological polar surface area (TPSA) is 50.8 Å². The van der Waals surface area contributed by atoms with E-state index < -0.39 is 18.2 Å². The second kappa shape index (κ2) is 8.41. The van der Waals surface area contributed by atoms with Crippen molar-refractivity contribution in [1.29, 1.82) is 0 Å². The SMILES string of the molecule is CN(CCOc1ccccc1F)C(=O)Nc1ccc(OC(F)(F)F)cc1. The zero-order valence-electron chi connectivity index (χ0n) is 13.7. The number of ether oxygens (including phenoxy) is 2. The molecule has 2 amide bonds. The maximum atomic E-state index is 13.4. The van der Waals surface area contributed by atoms with Crippen LogP contribution in [0.1, 0.15) is 0 Å². The standard InChI is InChI=1S/C17H16F4N2O3/c1-23(10-11-25-15-5-3-2-4-14(15)18)16(24)22-12-6-8-13(9-7-12)26-17(19,20)21/h2-9H,10-11H2,1H3,(H,22,24). The Morgan fingerprint density at radius 3 is 2.38 bits per heavy atom. The molecule has 0 spiro atoms. The molecule has 0 heterocycles. The highest BCUT2D eigenvalue weighted by atomic mass is 19.4. The fourth-order valence-corrected chi connectivity index (χ4v) is 1.91. The quantitative estimate of drug-likeness (QED) is 0.771. The molecule has 0 saturated heterocycles. The van der Waals surface area contributed by atoms with E-state index in [-0.39, 0.29) is 24.7 Å². The molecule has 0 aromatic heterocycles. The van der Waals surface area contributed by atoms with Gasteiger partial charge in [-0.2, -0.15) is 0 Å². The van der Waals surface area contributed by atoms with Crippen LogP contribution in [0, 0.1) is 5.82 Å². The van der Waals surface area contributed by atoms with Crippen molar-refractivity contribution in [3.8, 4) is 11.5 Å². The van der Waals surface area contributed by atoms with E-state index in [1.165, 1.54) is 42.3 Å². The number of urea groups is 1. The molecular weight excluding hydrogens is 356 g/mol. The van der Waals surface area contributed by atoms with Gasteiger partial charge in [0.2, 0.25) is 0 Å². The van der Waals surface area contributed by atoms with E-state index in [9.17, 15) is 22.4 Å². The van der Waals surface area contributed by atoms with Gasteiger partial charge in [-0.3, -0.25) is 0 Å². The number of hydrogen-bond acceptors (Lipinski definition) is 3. The van der Waals surface area contributed by atoms with Gasteiger partial charge in [0.1, 0.15) is 12.4 Å². The van der Waals surface area contributed by atoms with E-state index >= 15 is 0 Å². The first-order valence-corrected chi connectivity index (χ1v) is 7.50. The minimum atomic E-state index is -4.77. The van der Waals surface area contributed by atoms with Crippen LogP contribution in [-0.2, 0) is 0 Å². The van der Waals surface area contributed by atoms with Crippen LogP contribution >= 0.6 is 0 Å². The van der Waals surface area contributed by atoms with Crippen LogP contribution in [-0.4, -0.2) is 37.5 Å². The van der Waals surface area contributed by atoms with Gasteiger partial charge < -0.3 is 19.7 Å². The minimum absolute atomic E-state index is 0.0726. The third-order valence-electron chi connectivity index (χ3n) is 3.21. The average molecular weight is 372 g/mol. The fourth-order valence-electron chi connectivity index (χ4n) is 1.91. The molecule has 1 N–H and O–H groups in total. The van der Waals surface area contributed by atoms with Crippen molar-refractivity contribution >= 4 is 11.7 Å². The number of likely N-dealkylation sites (N-methyl/N-ethyl adjacent to an activating group) is 1. The molecule has 0 bridgehead atoms. The molecule has 9 heteroatoms. The summed E-state index contributed by atoms with van der Waals surface area (Å²) in [6.45, 7) is 0.249. The molecule has 26 heavy (non-hydrogen) atoms. The lowest BCUT2D eigenvalue weighted by atomic mass is 10.3. The van der Waals surface area contributed by atoms with Gasteiger partial charge in [0.25, 0.3) is 0 Å². The Kier molecular flexibility index (Phi) is 6.26. The van der Waals surface area contributed by atoms with Crippen LogP contribution in [0.25, 0.3) is 0 Å². The van der Waals surface area contributed by atoms with Gasteiger partial charge in [0.15, 0.2) is 11.6 Å². The first-order chi connectivity index (χ1) is 12.2. The lowest BCUT2D eigenvalue weighted by molar-refractivity contribution is -0.274. The van der Waals surface area contributed by atoms with Gasteiger partial charge in [0.05, 0.1) is 6.54 Å². The number of carbonyl (C=O) groups is 1. The lowest BCUT2D eigenvalue weighted by Crippen LogP contribution is -2.34. The van der Waals surface area contributed by atoms with Gasteiger partial charge >= 0.3 is 12.4 Å². The Morgan fingerprint density at radius 2 is 1.77 bits per heavy atom. The predicted molar refractivity (Wildman–Crippen MR) is 86.7 cm³/mol. The molecule has 5 nitrogen and oxygen atoms in total. The molecule has 0 aliphatic heterocycles. The summed E-state index contributed by atoms with van der Waals surface area (Å²) in [6.07, 6.45) is -4.77. The lowest BCUT2D eigenvalue weighted by Gasteiger charge is -2.18. The summed E-state index contributed by atoms with van der Waals surface area (Å²) in [6, 6.07) is 10.1. The Bertz CT molecular complexity index is 736. The largest absolute Gasteiger partial charge is 0.573 e. The van der Waals surface area contributed by atoms with E-state index in [0.717, 1.165) is 12.1 Å². The van der Waals surface area contributed by atoms with Crippen molar-refractivity contribution < 1.29 is 31.8 Å². The van der Waals surface area contributed by atoms with E-state index in [4.69, 9.17) is 4.74 Å². The Balaban J connectivity index is 1.80. The minimum Gasteiger partial charge on any atom is -0.489 e. The number of nitrogens with zero attached hydrogens (tertiary/aromatic N) is 1. The summed E-state index contributed by atoms with van der Waals surface area (Å²) in [5.41, 5.74) is 0.298. The third kappa shape index (κ3) is 6.15. The number of halogens is 4. The smallest absolute Gasteiger partial charge is 0.489 e. The van der Waals surface area contributed by atoms with Crippen LogP contribution in [0.15, 0.2) is 48.5 Å². The second-order valence-electron chi connectivity index (χ2n) is 5.20. The maximum absolute atomic E-state index is 13.4. The van der Waals surface area contributed by atoms with Crippen molar-refractivity contribution in [2.24, 2.45) is 0 Å². The molecule has 0 atom stereocenters. The highest BCUT2D eigenvalue weighted by Crippen LogP contribution is 2.24. The number of para-hydroxylation sites is 1. The number of amides is 2. The van der Waals surface area contributed by atoms with Gasteiger partial charge in [-0.15, -0.1) is 13.2 Å². The van der Waals surface area contributed by atoms with Crippen molar-refractivity contribution in [3.05, 3.63) is 54.3 Å². The van der Waals surface area contributed by atoms with Gasteiger partial charge in [-0.05, 0) is 36.4 Å². The molecule has 2 aromatic carbocycles. The molecule has 0 saturated carbocycles. The van der Waals surface area contributed by atoms with E-state index in [2.05, 4.69) is 10.1 Å². The summed E-state index contributed by atoms with van der Waals surface area (Å²) >= 11 is 0. The zero-order valence-corrected chi connectivity index (χ0v) is 13.7. The van der Waals surface area contributed by atoms with Crippen LogP contribution in [0.3, 0.4) is 0 Å². The average Bonchev–Trinajstić information content (AvgIpc) is 2.57. The van der Waals surface area contributed by atoms with Crippen molar-refractivity contribution in [1.82, 2.24) is 4.90 Å². The highest BCUT2D eigenvalue weighted by Gasteiger charge is 2.30. The molecule has 0 aliphatic carbocycles. The third-order valence-corrected chi connectivity index (χ3v) is 3.21. The van der Waals surface area contributed by atoms with Gasteiger partial charge in [0, 0.05) is 12.7 Å². The molecular formula is C17H16F4N2O3. The predicted octanol–water partition coefficient (Wildman–Crippen LogP) is 4.27. The summed E-state index contributed by atoms with van der Waals surface area (Å²) in [4.78, 5) is 13.3. The monoisotopic (exact) mass is 372 g/mol. The van der Waals surface area contributed by atoms with Crippen molar-refractivity contribution in [2.75, 3.05) is 25.5 Å². The number of carbonyl (C=O) groups excluding carboxylic acids is 1. The number of anilines is 1. The number of rotatable bonds is 6. The molecule has 2 rings (SSSR count). The van der Waals surface area contributed by atoms with Crippen LogP contribution in [0.2, 0.25) is 0 Å². The fraction of sp³-hybridized carbons (Fsp3) is 0.235. The zero-order chi connectivity index (χ0) is 19.2. The van der Waals surface area contributed by atoms with Gasteiger partial charge in [-0.25, -0.2) is 9.18 Å². The van der Waals surface area contributed by atoms with E-state index in [1.807, 2.05) is 0 Å². The summed E-state index contributed by atoms with van der Waals surface area (Å²) in [5, 5.41) is 2.51. The summed E-state index contributed by atoms with van der Waals surface area (Å²) in [5.74, 6) is -0.801. The first kappa shape index (κ1) is 19.4. The molecule has 140 valence electrons. The van der Waals surface area contributed by atoms with Crippen molar-refractivity contribution in [2.45, 2.75) is 6.36 Å². The van der Waals surface area contributed by atoms with Crippen molar-refractivity contribution in [3.63, 3.8) is 0 Å². The molecule has 0 radical (unpaired) electrons. The normalized spacial score (nSPS) is 11.0. The van der Waals surface area contributed by atoms with Crippen LogP contribution < -0.4 is 14.8 Å². The van der Waals surface area contributed by atoms with E-state index in [0.29, 0.717) is 5.69 Å². The second-order valence-corrected chi connectivity index (χ2v) is 5.20. The Morgan fingerprint density at radius 1 is 1.12 bits per heavy atom. The maximum Gasteiger partial charge on any atom is 0.573 e. The van der Waals surface area contributed by atoms with Gasteiger partial charge in [-0.1, -0.05) is 12.1 Å². The summed E-state index contributed by atoms with van der Waals surface area (Å²) < 4.78 is 58.7. The number of hydrogen-bond donors (Lipinski definition) is 1. The van der Waals surface area contributed by atoms with Crippen LogP contribution in [0.5, 0.6) is 11.5 Å². The first-order valence-electron chi connectivity index (χ1n) is 7.50. The molecule has 2 aromatic rings. The Hall–Kier alpha value is -2.97. The summed E-state index contributed by atoms with van der Waals surface area (Å²) in [7, 11) is 1.50. The number of nitrogens with one attached hydrogen (secondary N) is 1. The molecule has 0 fully saturated rings. The molecule has 0 aliphatic rings. The van der Waals surface area contributed by atoms with E-state index in [1.54, 1.807) is 6.07 Å². The number of benzene rings is 2. The Labute approximate surface area is 147 Å².